The molecule has 2 aromatic carbocycles. The molecule has 0 radical (unpaired) electrons. The van der Waals surface area contributed by atoms with Gasteiger partial charge in [0.15, 0.2) is 0 Å². The van der Waals surface area contributed by atoms with Crippen LogP contribution in [0.1, 0.15) is 18.4 Å². The molecule has 4 rings (SSSR count). The van der Waals surface area contributed by atoms with Crippen LogP contribution >= 0.6 is 0 Å². The van der Waals surface area contributed by atoms with E-state index < -0.39 is 5.41 Å². The van der Waals surface area contributed by atoms with E-state index in [2.05, 4.69) is 10.3 Å². The maximum Gasteiger partial charge on any atom is 0.230 e. The third kappa shape index (κ3) is 2.56. The molecule has 5 heteroatoms. The van der Waals surface area contributed by atoms with Crippen molar-refractivity contribution in [3.8, 4) is 0 Å². The molecule has 3 aromatic rings. The van der Waals surface area contributed by atoms with Crippen LogP contribution in [0.3, 0.4) is 0 Å². The molecule has 24 heavy (non-hydrogen) atoms. The maximum absolute atomic E-state index is 13.1. The van der Waals surface area contributed by atoms with Gasteiger partial charge >= 0.3 is 0 Å². The summed E-state index contributed by atoms with van der Waals surface area (Å²) >= 11 is 0. The molecule has 1 aliphatic rings. The van der Waals surface area contributed by atoms with E-state index in [0.29, 0.717) is 13.1 Å². The van der Waals surface area contributed by atoms with E-state index in [0.717, 1.165) is 29.4 Å². The minimum Gasteiger partial charge on any atom is -0.354 e. The second-order valence-electron chi connectivity index (χ2n) is 6.27. The summed E-state index contributed by atoms with van der Waals surface area (Å²) in [5.41, 5.74) is 2.44. The third-order valence-electron chi connectivity index (χ3n) is 4.75. The highest BCUT2D eigenvalue weighted by molar-refractivity contribution is 5.91. The van der Waals surface area contributed by atoms with Gasteiger partial charge in [0.1, 0.15) is 5.82 Å². The second kappa shape index (κ2) is 5.74. The van der Waals surface area contributed by atoms with Crippen molar-refractivity contribution in [3.63, 3.8) is 0 Å². The van der Waals surface area contributed by atoms with Crippen molar-refractivity contribution in [1.82, 2.24) is 14.9 Å². The normalized spacial score (nSPS) is 15.4. The number of nitrogens with one attached hydrogen (secondary N) is 1. The van der Waals surface area contributed by atoms with Crippen LogP contribution < -0.4 is 5.32 Å². The standard InChI is InChI=1S/C19H18FN3O/c20-15-7-5-14(6-8-15)19(9-10-19)18(24)21-11-12-23-13-22-16-3-1-2-4-17(16)23/h1-8,13H,9-12H2,(H,21,24). The summed E-state index contributed by atoms with van der Waals surface area (Å²) in [6, 6.07) is 14.2. The van der Waals surface area contributed by atoms with Gasteiger partial charge in [0.05, 0.1) is 22.8 Å². The lowest BCUT2D eigenvalue weighted by Gasteiger charge is -2.16. The summed E-state index contributed by atoms with van der Waals surface area (Å²) in [6.07, 6.45) is 3.43. The lowest BCUT2D eigenvalue weighted by atomic mass is 9.95. The van der Waals surface area contributed by atoms with Crippen LogP contribution in [-0.2, 0) is 16.8 Å². The first kappa shape index (κ1) is 14.9. The fourth-order valence-electron chi connectivity index (χ4n) is 3.19. The summed E-state index contributed by atoms with van der Waals surface area (Å²) in [6.45, 7) is 1.22. The highest BCUT2D eigenvalue weighted by atomic mass is 19.1. The summed E-state index contributed by atoms with van der Waals surface area (Å²) in [5, 5.41) is 3.02. The van der Waals surface area contributed by atoms with Crippen LogP contribution in [0.4, 0.5) is 4.39 Å². The summed E-state index contributed by atoms with van der Waals surface area (Å²) in [7, 11) is 0. The van der Waals surface area contributed by atoms with E-state index in [1.165, 1.54) is 12.1 Å². The molecule has 1 aromatic heterocycles. The largest absolute Gasteiger partial charge is 0.354 e. The third-order valence-corrected chi connectivity index (χ3v) is 4.75. The molecule has 1 fully saturated rings. The Bertz CT molecular complexity index is 881. The minimum atomic E-state index is -0.468. The summed E-state index contributed by atoms with van der Waals surface area (Å²) in [5.74, 6) is -0.250. The van der Waals surface area contributed by atoms with Crippen molar-refractivity contribution in [1.29, 1.82) is 0 Å². The Hall–Kier alpha value is -2.69. The number of hydrogen-bond donors (Lipinski definition) is 1. The molecular weight excluding hydrogens is 305 g/mol. The van der Waals surface area contributed by atoms with Gasteiger partial charge in [-0.2, -0.15) is 0 Å². The van der Waals surface area contributed by atoms with Gasteiger partial charge < -0.3 is 9.88 Å². The SMILES string of the molecule is O=C(NCCn1cnc2ccccc21)C1(c2ccc(F)cc2)CC1. The summed E-state index contributed by atoms with van der Waals surface area (Å²) < 4.78 is 15.1. The molecule has 0 saturated heterocycles. The Morgan fingerprint density at radius 1 is 1.17 bits per heavy atom. The van der Waals surface area contributed by atoms with Crippen LogP contribution in [0.15, 0.2) is 54.9 Å². The van der Waals surface area contributed by atoms with E-state index in [4.69, 9.17) is 0 Å². The quantitative estimate of drug-likeness (QED) is 0.784. The predicted molar refractivity (Wildman–Crippen MR) is 90.1 cm³/mol. The molecule has 1 amide bonds. The van der Waals surface area contributed by atoms with Crippen molar-refractivity contribution < 1.29 is 9.18 Å². The zero-order valence-electron chi connectivity index (χ0n) is 13.2. The Morgan fingerprint density at radius 2 is 1.92 bits per heavy atom. The molecule has 1 saturated carbocycles. The van der Waals surface area contributed by atoms with Crippen molar-refractivity contribution in [2.75, 3.05) is 6.54 Å². The average molecular weight is 323 g/mol. The zero-order valence-corrected chi connectivity index (χ0v) is 13.2. The first-order chi connectivity index (χ1) is 11.7. The topological polar surface area (TPSA) is 46.9 Å². The van der Waals surface area contributed by atoms with Gasteiger partial charge in [0.25, 0.3) is 0 Å². The van der Waals surface area contributed by atoms with Crippen LogP contribution in [0.2, 0.25) is 0 Å². The van der Waals surface area contributed by atoms with Crippen molar-refractivity contribution in [3.05, 3.63) is 66.2 Å². The number of para-hydroxylation sites is 2. The summed E-state index contributed by atoms with van der Waals surface area (Å²) in [4.78, 5) is 16.9. The number of imidazole rings is 1. The van der Waals surface area contributed by atoms with Crippen molar-refractivity contribution in [2.24, 2.45) is 0 Å². The number of carbonyl (C=O) groups is 1. The lowest BCUT2D eigenvalue weighted by Crippen LogP contribution is -2.36. The van der Waals surface area contributed by atoms with E-state index in [1.54, 1.807) is 18.5 Å². The molecule has 122 valence electrons. The predicted octanol–water partition coefficient (Wildman–Crippen LogP) is 3.02. The number of rotatable bonds is 5. The Morgan fingerprint density at radius 3 is 2.67 bits per heavy atom. The first-order valence-corrected chi connectivity index (χ1v) is 8.13. The highest BCUT2D eigenvalue weighted by Crippen LogP contribution is 2.48. The van der Waals surface area contributed by atoms with E-state index in [1.807, 2.05) is 28.8 Å². The molecule has 1 N–H and O–H groups in total. The smallest absolute Gasteiger partial charge is 0.230 e. The molecule has 0 aliphatic heterocycles. The van der Waals surface area contributed by atoms with Crippen LogP contribution in [0.25, 0.3) is 11.0 Å². The number of fused-ring (bicyclic) bond motifs is 1. The Balaban J connectivity index is 1.41. The van der Waals surface area contributed by atoms with E-state index in [-0.39, 0.29) is 11.7 Å². The molecule has 0 spiro atoms. The molecule has 4 nitrogen and oxygen atoms in total. The Kier molecular flexibility index (Phi) is 3.56. The number of benzene rings is 2. The van der Waals surface area contributed by atoms with Gasteiger partial charge in [-0.05, 0) is 42.7 Å². The lowest BCUT2D eigenvalue weighted by molar-refractivity contribution is -0.123. The average Bonchev–Trinajstić information content (AvgIpc) is 3.32. The number of nitrogens with zero attached hydrogens (tertiary/aromatic N) is 2. The molecule has 1 aliphatic carbocycles. The molecule has 0 atom stereocenters. The monoisotopic (exact) mass is 323 g/mol. The maximum atomic E-state index is 13.1. The van der Waals surface area contributed by atoms with Crippen LogP contribution in [0, 0.1) is 5.82 Å². The number of aromatic nitrogens is 2. The number of amides is 1. The molecule has 0 bridgehead atoms. The van der Waals surface area contributed by atoms with Gasteiger partial charge in [-0.25, -0.2) is 9.37 Å². The van der Waals surface area contributed by atoms with Gasteiger partial charge in [0, 0.05) is 13.1 Å². The molecule has 1 heterocycles. The zero-order chi connectivity index (χ0) is 16.6. The number of carbonyl (C=O) groups excluding carboxylic acids is 1. The van der Waals surface area contributed by atoms with Gasteiger partial charge in [-0.15, -0.1) is 0 Å². The minimum absolute atomic E-state index is 0.0264. The number of halogens is 1. The van der Waals surface area contributed by atoms with Gasteiger partial charge in [0.2, 0.25) is 5.91 Å². The van der Waals surface area contributed by atoms with E-state index >= 15 is 0 Å². The number of hydrogen-bond acceptors (Lipinski definition) is 2. The Labute approximate surface area is 139 Å². The molecular formula is C19H18FN3O. The van der Waals surface area contributed by atoms with Gasteiger partial charge in [-0.3, -0.25) is 4.79 Å². The van der Waals surface area contributed by atoms with Crippen molar-refractivity contribution >= 4 is 16.9 Å². The van der Waals surface area contributed by atoms with E-state index in [9.17, 15) is 9.18 Å². The van der Waals surface area contributed by atoms with Crippen molar-refractivity contribution in [2.45, 2.75) is 24.8 Å². The second-order valence-corrected chi connectivity index (χ2v) is 6.27. The first-order valence-electron chi connectivity index (χ1n) is 8.13. The fraction of sp³-hybridized carbons (Fsp3) is 0.263. The van der Waals surface area contributed by atoms with Crippen LogP contribution in [0.5, 0.6) is 0 Å². The highest BCUT2D eigenvalue weighted by Gasteiger charge is 2.50. The molecule has 0 unspecified atom stereocenters. The fourth-order valence-corrected chi connectivity index (χ4v) is 3.19. The van der Waals surface area contributed by atoms with Gasteiger partial charge in [-0.1, -0.05) is 24.3 Å². The van der Waals surface area contributed by atoms with Crippen LogP contribution in [-0.4, -0.2) is 22.0 Å².